The van der Waals surface area contributed by atoms with Gasteiger partial charge in [-0.2, -0.15) is 5.11 Å². The summed E-state index contributed by atoms with van der Waals surface area (Å²) in [5.74, 6) is -1.34. The Labute approximate surface area is 176 Å². The zero-order valence-electron chi connectivity index (χ0n) is 15.2. The van der Waals surface area contributed by atoms with E-state index in [1.807, 2.05) is 19.1 Å². The van der Waals surface area contributed by atoms with Crippen molar-refractivity contribution in [3.63, 3.8) is 0 Å². The standard InChI is InChI=1S/C19H15Cl2N5O3/c1-10-4-2-3-5-14(10)26-18(28)16-17(19(26)29)25(24-23-16)9-15(27)22-11-6-7-12(20)13(21)8-11/h2-8,16-17H,9H2,1H3,(H,22,27)/t16-,17+/m0/s1. The molecular formula is C19H15Cl2N5O3. The lowest BCUT2D eigenvalue weighted by Gasteiger charge is -2.21. The monoisotopic (exact) mass is 431 g/mol. The summed E-state index contributed by atoms with van der Waals surface area (Å²) in [4.78, 5) is 39.2. The van der Waals surface area contributed by atoms with Crippen LogP contribution in [-0.2, 0) is 14.4 Å². The summed E-state index contributed by atoms with van der Waals surface area (Å²) < 4.78 is 0. The summed E-state index contributed by atoms with van der Waals surface area (Å²) in [6.45, 7) is 1.57. The number of aryl methyl sites for hydroxylation is 1. The molecule has 2 aliphatic rings. The lowest BCUT2D eigenvalue weighted by atomic mass is 10.1. The molecule has 3 amide bonds. The molecule has 0 radical (unpaired) electrons. The van der Waals surface area contributed by atoms with Gasteiger partial charge in [-0.3, -0.25) is 19.4 Å². The summed E-state index contributed by atoms with van der Waals surface area (Å²) in [6.07, 6.45) is 0. The molecule has 2 atom stereocenters. The van der Waals surface area contributed by atoms with E-state index in [9.17, 15) is 14.4 Å². The molecule has 10 heteroatoms. The first-order chi connectivity index (χ1) is 13.9. The van der Waals surface area contributed by atoms with E-state index < -0.39 is 29.8 Å². The fraction of sp³-hybridized carbons (Fsp3) is 0.211. The highest BCUT2D eigenvalue weighted by atomic mass is 35.5. The smallest absolute Gasteiger partial charge is 0.263 e. The number of nitrogens with one attached hydrogen (secondary N) is 1. The zero-order valence-corrected chi connectivity index (χ0v) is 16.7. The fourth-order valence-corrected chi connectivity index (χ4v) is 3.63. The number of rotatable bonds is 4. The van der Waals surface area contributed by atoms with Gasteiger partial charge in [0.2, 0.25) is 5.91 Å². The molecule has 0 aliphatic carbocycles. The molecule has 1 saturated heterocycles. The van der Waals surface area contributed by atoms with Gasteiger partial charge in [0.05, 0.1) is 15.7 Å². The predicted molar refractivity (Wildman–Crippen MR) is 108 cm³/mol. The van der Waals surface area contributed by atoms with Gasteiger partial charge in [0.1, 0.15) is 6.54 Å². The Morgan fingerprint density at radius 1 is 1.10 bits per heavy atom. The molecule has 0 bridgehead atoms. The Balaban J connectivity index is 1.50. The van der Waals surface area contributed by atoms with E-state index in [0.29, 0.717) is 21.4 Å². The molecule has 29 heavy (non-hydrogen) atoms. The van der Waals surface area contributed by atoms with E-state index in [0.717, 1.165) is 10.5 Å². The molecule has 4 rings (SSSR count). The van der Waals surface area contributed by atoms with Crippen molar-refractivity contribution in [2.75, 3.05) is 16.8 Å². The van der Waals surface area contributed by atoms with Crippen molar-refractivity contribution in [3.05, 3.63) is 58.1 Å². The lowest BCUT2D eigenvalue weighted by Crippen LogP contribution is -2.43. The van der Waals surface area contributed by atoms with Gasteiger partial charge < -0.3 is 5.32 Å². The van der Waals surface area contributed by atoms with E-state index in [1.165, 1.54) is 11.1 Å². The van der Waals surface area contributed by atoms with E-state index >= 15 is 0 Å². The van der Waals surface area contributed by atoms with Crippen molar-refractivity contribution in [3.8, 4) is 0 Å². The van der Waals surface area contributed by atoms with Crippen LogP contribution < -0.4 is 10.2 Å². The van der Waals surface area contributed by atoms with Crippen molar-refractivity contribution < 1.29 is 14.4 Å². The van der Waals surface area contributed by atoms with Crippen LogP contribution >= 0.6 is 23.2 Å². The van der Waals surface area contributed by atoms with Crippen LogP contribution in [0.15, 0.2) is 52.8 Å². The Morgan fingerprint density at radius 3 is 2.59 bits per heavy atom. The molecule has 1 N–H and O–H groups in total. The summed E-state index contributed by atoms with van der Waals surface area (Å²) >= 11 is 11.8. The largest absolute Gasteiger partial charge is 0.324 e. The van der Waals surface area contributed by atoms with Crippen molar-refractivity contribution in [1.82, 2.24) is 5.01 Å². The van der Waals surface area contributed by atoms with Gasteiger partial charge in [0.15, 0.2) is 12.1 Å². The van der Waals surface area contributed by atoms with Gasteiger partial charge >= 0.3 is 0 Å². The number of anilines is 2. The Hall–Kier alpha value is -2.97. The average molecular weight is 432 g/mol. The first-order valence-corrected chi connectivity index (χ1v) is 9.48. The van der Waals surface area contributed by atoms with Crippen LogP contribution in [0.4, 0.5) is 11.4 Å². The van der Waals surface area contributed by atoms with Crippen LogP contribution in [-0.4, -0.2) is 41.4 Å². The van der Waals surface area contributed by atoms with Crippen LogP contribution in [0, 0.1) is 6.92 Å². The van der Waals surface area contributed by atoms with Crippen LogP contribution in [0.1, 0.15) is 5.56 Å². The summed E-state index contributed by atoms with van der Waals surface area (Å²) in [5.41, 5.74) is 1.75. The minimum Gasteiger partial charge on any atom is -0.324 e. The van der Waals surface area contributed by atoms with Gasteiger partial charge in [0.25, 0.3) is 11.8 Å². The topological polar surface area (TPSA) is 94.4 Å². The maximum atomic E-state index is 13.0. The summed E-state index contributed by atoms with van der Waals surface area (Å²) in [7, 11) is 0. The van der Waals surface area contributed by atoms with Crippen LogP contribution in [0.2, 0.25) is 10.0 Å². The number of hydrogen-bond donors (Lipinski definition) is 1. The van der Waals surface area contributed by atoms with Crippen LogP contribution in [0.25, 0.3) is 0 Å². The Bertz CT molecular complexity index is 1060. The number of halogens is 2. The quantitative estimate of drug-likeness (QED) is 0.751. The Morgan fingerprint density at radius 2 is 1.86 bits per heavy atom. The highest BCUT2D eigenvalue weighted by Crippen LogP contribution is 2.33. The number of carbonyl (C=O) groups excluding carboxylic acids is 3. The molecule has 1 fully saturated rings. The van der Waals surface area contributed by atoms with Gasteiger partial charge in [-0.05, 0) is 36.8 Å². The van der Waals surface area contributed by atoms with Gasteiger partial charge in [-0.1, -0.05) is 46.6 Å². The minimum absolute atomic E-state index is 0.245. The summed E-state index contributed by atoms with van der Waals surface area (Å²) in [6, 6.07) is 9.86. The number of imide groups is 1. The summed E-state index contributed by atoms with van der Waals surface area (Å²) in [5, 5.41) is 12.4. The molecule has 2 heterocycles. The second kappa shape index (κ2) is 7.46. The molecule has 2 aliphatic heterocycles. The number of nitrogens with zero attached hydrogens (tertiary/aromatic N) is 4. The van der Waals surface area contributed by atoms with E-state index in [-0.39, 0.29) is 6.54 Å². The number of benzene rings is 2. The number of fused-ring (bicyclic) bond motifs is 1. The molecule has 2 aromatic rings. The molecule has 8 nitrogen and oxygen atoms in total. The highest BCUT2D eigenvalue weighted by molar-refractivity contribution is 6.42. The van der Waals surface area contributed by atoms with Gasteiger partial charge in [0, 0.05) is 5.69 Å². The molecule has 148 valence electrons. The number of para-hydroxylation sites is 1. The van der Waals surface area contributed by atoms with Gasteiger partial charge in [-0.15, -0.1) is 0 Å². The SMILES string of the molecule is Cc1ccccc1N1C(=O)[C@H]2N=NN(CC(=O)Nc3ccc(Cl)c(Cl)c3)[C@H]2C1=O. The third-order valence-corrected chi connectivity index (χ3v) is 5.46. The first kappa shape index (κ1) is 19.4. The predicted octanol–water partition coefficient (Wildman–Crippen LogP) is 3.23. The lowest BCUT2D eigenvalue weighted by molar-refractivity contribution is -0.123. The molecule has 2 aromatic carbocycles. The molecular weight excluding hydrogens is 417 g/mol. The third kappa shape index (κ3) is 3.45. The normalized spacial score (nSPS) is 20.4. The second-order valence-corrected chi connectivity index (χ2v) is 7.48. The van der Waals surface area contributed by atoms with Crippen molar-refractivity contribution in [2.24, 2.45) is 10.3 Å². The second-order valence-electron chi connectivity index (χ2n) is 6.67. The number of hydrogen-bond acceptors (Lipinski definition) is 6. The average Bonchev–Trinajstić information content (AvgIpc) is 3.19. The van der Waals surface area contributed by atoms with E-state index in [2.05, 4.69) is 15.7 Å². The van der Waals surface area contributed by atoms with Crippen LogP contribution in [0.3, 0.4) is 0 Å². The maximum Gasteiger partial charge on any atom is 0.263 e. The molecule has 0 saturated carbocycles. The van der Waals surface area contributed by atoms with E-state index in [4.69, 9.17) is 23.2 Å². The van der Waals surface area contributed by atoms with Crippen molar-refractivity contribution in [1.29, 1.82) is 0 Å². The molecule has 0 aromatic heterocycles. The Kier molecular flexibility index (Phi) is 4.97. The highest BCUT2D eigenvalue weighted by Gasteiger charge is 2.55. The molecule has 0 spiro atoms. The zero-order chi connectivity index (χ0) is 20.7. The van der Waals surface area contributed by atoms with Crippen LogP contribution in [0.5, 0.6) is 0 Å². The van der Waals surface area contributed by atoms with Gasteiger partial charge in [-0.25, -0.2) is 4.90 Å². The maximum absolute atomic E-state index is 13.0. The van der Waals surface area contributed by atoms with Crippen molar-refractivity contribution >= 4 is 52.3 Å². The molecule has 0 unspecified atom stereocenters. The third-order valence-electron chi connectivity index (χ3n) is 4.72. The van der Waals surface area contributed by atoms with Crippen molar-refractivity contribution in [2.45, 2.75) is 19.0 Å². The fourth-order valence-electron chi connectivity index (χ4n) is 3.33. The number of amides is 3. The first-order valence-electron chi connectivity index (χ1n) is 8.72. The van der Waals surface area contributed by atoms with E-state index in [1.54, 1.807) is 24.3 Å². The number of carbonyl (C=O) groups is 3. The minimum atomic E-state index is -0.958.